The van der Waals surface area contributed by atoms with Gasteiger partial charge in [0.2, 0.25) is 0 Å². The summed E-state index contributed by atoms with van der Waals surface area (Å²) in [6, 6.07) is 8.80. The predicted molar refractivity (Wildman–Crippen MR) is 74.4 cm³/mol. The van der Waals surface area contributed by atoms with Gasteiger partial charge in [-0.2, -0.15) is 0 Å². The first kappa shape index (κ1) is 13.7. The first-order valence-electron chi connectivity index (χ1n) is 6.07. The summed E-state index contributed by atoms with van der Waals surface area (Å²) in [6.07, 6.45) is 3.04. The Kier molecular flexibility index (Phi) is 4.39. The number of benzene rings is 1. The number of aromatic nitrogens is 1. The van der Waals surface area contributed by atoms with Crippen molar-refractivity contribution < 1.29 is 14.7 Å². The van der Waals surface area contributed by atoms with Gasteiger partial charge in [0.1, 0.15) is 11.5 Å². The molecular formula is C14H15N3O3. The summed E-state index contributed by atoms with van der Waals surface area (Å²) in [4.78, 5) is 3.97. The monoisotopic (exact) mass is 273 g/mol. The molecule has 3 N–H and O–H groups in total. The predicted octanol–water partition coefficient (Wildman–Crippen LogP) is 2.37. The van der Waals surface area contributed by atoms with Gasteiger partial charge in [-0.1, -0.05) is 11.2 Å². The normalized spacial score (nSPS) is 11.2. The van der Waals surface area contributed by atoms with Crippen LogP contribution in [0.25, 0.3) is 0 Å². The minimum atomic E-state index is -0.0386. The van der Waals surface area contributed by atoms with Gasteiger partial charge in [0.25, 0.3) is 0 Å². The Morgan fingerprint density at radius 2 is 2.15 bits per heavy atom. The smallest absolute Gasteiger partial charge is 0.173 e. The average molecular weight is 273 g/mol. The van der Waals surface area contributed by atoms with Crippen LogP contribution in [0, 0.1) is 0 Å². The van der Waals surface area contributed by atoms with Crippen LogP contribution in [0.5, 0.6) is 17.2 Å². The van der Waals surface area contributed by atoms with Crippen molar-refractivity contribution in [2.45, 2.75) is 6.92 Å². The highest BCUT2D eigenvalue weighted by Gasteiger charge is 2.09. The van der Waals surface area contributed by atoms with Crippen molar-refractivity contribution >= 4 is 5.84 Å². The summed E-state index contributed by atoms with van der Waals surface area (Å²) < 4.78 is 11.1. The van der Waals surface area contributed by atoms with Gasteiger partial charge in [-0.25, -0.2) is 0 Å². The number of nitrogens with two attached hydrogens (primary N) is 1. The molecule has 0 aliphatic carbocycles. The average Bonchev–Trinajstić information content (AvgIpc) is 2.48. The molecule has 2 rings (SSSR count). The summed E-state index contributed by atoms with van der Waals surface area (Å²) in [7, 11) is 0. The molecule has 2 aromatic rings. The van der Waals surface area contributed by atoms with Gasteiger partial charge in [0.15, 0.2) is 11.6 Å². The summed E-state index contributed by atoms with van der Waals surface area (Å²) in [5.74, 6) is 1.65. The van der Waals surface area contributed by atoms with Gasteiger partial charge in [-0.05, 0) is 25.1 Å². The van der Waals surface area contributed by atoms with Crippen molar-refractivity contribution in [2.24, 2.45) is 10.9 Å². The van der Waals surface area contributed by atoms with Crippen LogP contribution in [-0.4, -0.2) is 22.6 Å². The third-order valence-electron chi connectivity index (χ3n) is 2.51. The lowest BCUT2D eigenvalue weighted by atomic mass is 10.2. The number of pyridine rings is 1. The van der Waals surface area contributed by atoms with Crippen LogP contribution in [0.1, 0.15) is 12.5 Å². The van der Waals surface area contributed by atoms with Crippen molar-refractivity contribution in [1.82, 2.24) is 4.98 Å². The second-order valence-corrected chi connectivity index (χ2v) is 3.87. The quantitative estimate of drug-likeness (QED) is 0.378. The summed E-state index contributed by atoms with van der Waals surface area (Å²) in [5, 5.41) is 11.7. The summed E-state index contributed by atoms with van der Waals surface area (Å²) in [5.41, 5.74) is 6.06. The molecule has 0 unspecified atom stereocenters. The van der Waals surface area contributed by atoms with Gasteiger partial charge >= 0.3 is 0 Å². The number of nitrogens with zero attached hydrogens (tertiary/aromatic N) is 2. The minimum absolute atomic E-state index is 0.0386. The van der Waals surface area contributed by atoms with E-state index in [9.17, 15) is 0 Å². The lowest BCUT2D eigenvalue weighted by molar-refractivity contribution is 0.318. The number of rotatable bonds is 5. The first-order valence-corrected chi connectivity index (χ1v) is 6.07. The minimum Gasteiger partial charge on any atom is -0.494 e. The second-order valence-electron chi connectivity index (χ2n) is 3.87. The molecule has 0 spiro atoms. The third-order valence-corrected chi connectivity index (χ3v) is 2.51. The molecule has 1 aromatic heterocycles. The molecule has 0 bridgehead atoms. The van der Waals surface area contributed by atoms with E-state index in [1.165, 1.54) is 12.4 Å². The SMILES string of the molecule is CCOc1cccc(Oc2cnccc2/C(N)=N/O)c1. The Hall–Kier alpha value is -2.76. The van der Waals surface area contributed by atoms with Crippen LogP contribution in [0.15, 0.2) is 47.9 Å². The maximum Gasteiger partial charge on any atom is 0.173 e. The van der Waals surface area contributed by atoms with Crippen molar-refractivity contribution in [2.75, 3.05) is 6.61 Å². The Balaban J connectivity index is 2.28. The number of hydrogen-bond donors (Lipinski definition) is 2. The standard InChI is InChI=1S/C14H15N3O3/c1-2-19-10-4-3-5-11(8-10)20-13-9-16-7-6-12(13)14(15)17-18/h3-9,18H,2H2,1H3,(H2,15,17). The highest BCUT2D eigenvalue weighted by Crippen LogP contribution is 2.27. The lowest BCUT2D eigenvalue weighted by Gasteiger charge is -2.10. The number of amidine groups is 1. The molecular weight excluding hydrogens is 258 g/mol. The van der Waals surface area contributed by atoms with E-state index in [0.29, 0.717) is 29.4 Å². The molecule has 104 valence electrons. The molecule has 1 heterocycles. The fourth-order valence-corrected chi connectivity index (χ4v) is 1.65. The molecule has 6 heteroatoms. The van der Waals surface area contributed by atoms with E-state index in [1.54, 1.807) is 18.2 Å². The molecule has 0 aliphatic rings. The van der Waals surface area contributed by atoms with Crippen LogP contribution >= 0.6 is 0 Å². The van der Waals surface area contributed by atoms with E-state index in [2.05, 4.69) is 10.1 Å². The zero-order valence-corrected chi connectivity index (χ0v) is 11.0. The highest BCUT2D eigenvalue weighted by molar-refractivity contribution is 5.99. The molecule has 0 radical (unpaired) electrons. The third kappa shape index (κ3) is 3.17. The van der Waals surface area contributed by atoms with Crippen molar-refractivity contribution in [3.63, 3.8) is 0 Å². The van der Waals surface area contributed by atoms with Crippen LogP contribution in [0.2, 0.25) is 0 Å². The maximum absolute atomic E-state index is 8.76. The molecule has 0 saturated heterocycles. The number of ether oxygens (including phenoxy) is 2. The molecule has 0 amide bonds. The summed E-state index contributed by atoms with van der Waals surface area (Å²) in [6.45, 7) is 2.48. The molecule has 20 heavy (non-hydrogen) atoms. The Bertz CT molecular complexity index is 614. The number of oxime groups is 1. The van der Waals surface area contributed by atoms with E-state index in [-0.39, 0.29) is 5.84 Å². The molecule has 0 atom stereocenters. The van der Waals surface area contributed by atoms with Crippen LogP contribution < -0.4 is 15.2 Å². The Morgan fingerprint density at radius 3 is 2.90 bits per heavy atom. The topological polar surface area (TPSA) is 90.0 Å². The van der Waals surface area contributed by atoms with E-state index >= 15 is 0 Å². The van der Waals surface area contributed by atoms with Crippen molar-refractivity contribution in [3.05, 3.63) is 48.3 Å². The fraction of sp³-hybridized carbons (Fsp3) is 0.143. The van der Waals surface area contributed by atoms with E-state index in [4.69, 9.17) is 20.4 Å². The van der Waals surface area contributed by atoms with Gasteiger partial charge in [-0.15, -0.1) is 0 Å². The van der Waals surface area contributed by atoms with E-state index in [1.807, 2.05) is 19.1 Å². The maximum atomic E-state index is 8.76. The van der Waals surface area contributed by atoms with Crippen LogP contribution in [0.3, 0.4) is 0 Å². The van der Waals surface area contributed by atoms with E-state index < -0.39 is 0 Å². The summed E-state index contributed by atoms with van der Waals surface area (Å²) >= 11 is 0. The molecule has 0 saturated carbocycles. The van der Waals surface area contributed by atoms with Gasteiger partial charge in [-0.3, -0.25) is 4.98 Å². The Morgan fingerprint density at radius 1 is 1.35 bits per heavy atom. The lowest BCUT2D eigenvalue weighted by Crippen LogP contribution is -2.14. The first-order chi connectivity index (χ1) is 9.74. The molecule has 0 fully saturated rings. The molecule has 0 aliphatic heterocycles. The highest BCUT2D eigenvalue weighted by atomic mass is 16.5. The second kappa shape index (κ2) is 6.42. The largest absolute Gasteiger partial charge is 0.494 e. The van der Waals surface area contributed by atoms with Gasteiger partial charge in [0, 0.05) is 12.3 Å². The van der Waals surface area contributed by atoms with Gasteiger partial charge in [0.05, 0.1) is 18.4 Å². The number of hydrogen-bond acceptors (Lipinski definition) is 5. The van der Waals surface area contributed by atoms with Crippen molar-refractivity contribution in [3.8, 4) is 17.2 Å². The molecule has 1 aromatic carbocycles. The van der Waals surface area contributed by atoms with Crippen LogP contribution in [-0.2, 0) is 0 Å². The van der Waals surface area contributed by atoms with Gasteiger partial charge < -0.3 is 20.4 Å². The zero-order chi connectivity index (χ0) is 14.4. The zero-order valence-electron chi connectivity index (χ0n) is 11.0. The van der Waals surface area contributed by atoms with Crippen LogP contribution in [0.4, 0.5) is 0 Å². The molecule has 6 nitrogen and oxygen atoms in total. The fourth-order valence-electron chi connectivity index (χ4n) is 1.65. The van der Waals surface area contributed by atoms with Crippen molar-refractivity contribution in [1.29, 1.82) is 0 Å². The van der Waals surface area contributed by atoms with E-state index in [0.717, 1.165) is 0 Å². The Labute approximate surface area is 116 Å².